The van der Waals surface area contributed by atoms with Crippen LogP contribution in [0.3, 0.4) is 0 Å². The molecular formula is C52H44N4. The molecule has 4 heteroatoms. The number of hydrogen-bond donors (Lipinski definition) is 0. The topological polar surface area (TPSA) is 50.5 Å². The molecule has 0 aliphatic heterocycles. The van der Waals surface area contributed by atoms with Gasteiger partial charge < -0.3 is 0 Å². The number of aromatic nitrogens is 2. The molecule has 2 aromatic heterocycles. The first-order valence-corrected chi connectivity index (χ1v) is 19.2. The number of nitrogens with zero attached hydrogens (tertiary/aromatic N) is 4. The highest BCUT2D eigenvalue weighted by Gasteiger charge is 2.28. The maximum absolute atomic E-state index is 5.31. The molecule has 0 saturated heterocycles. The minimum Gasteiger partial charge on any atom is -0.245 e. The molecule has 56 heavy (non-hydrogen) atoms. The fourth-order valence-corrected chi connectivity index (χ4v) is 7.58. The van der Waals surface area contributed by atoms with Gasteiger partial charge in [-0.2, -0.15) is 0 Å². The Bertz CT molecular complexity index is 2820. The van der Waals surface area contributed by atoms with Gasteiger partial charge in [-0.1, -0.05) is 171 Å². The fourth-order valence-electron chi connectivity index (χ4n) is 7.58. The van der Waals surface area contributed by atoms with Crippen LogP contribution in [0.5, 0.6) is 0 Å². The maximum Gasteiger partial charge on any atom is 0.159 e. The summed E-state index contributed by atoms with van der Waals surface area (Å²) >= 11 is 0. The van der Waals surface area contributed by atoms with Gasteiger partial charge >= 0.3 is 0 Å². The quantitative estimate of drug-likeness (QED) is 0.0678. The van der Waals surface area contributed by atoms with Crippen LogP contribution in [-0.4, -0.2) is 21.5 Å². The first-order valence-electron chi connectivity index (χ1n) is 19.2. The largest absolute Gasteiger partial charge is 0.245 e. The molecule has 0 spiro atoms. The first kappa shape index (κ1) is 36.2. The van der Waals surface area contributed by atoms with E-state index in [1.807, 2.05) is 75.4 Å². The van der Waals surface area contributed by atoms with Crippen molar-refractivity contribution >= 4 is 44.1 Å². The third kappa shape index (κ3) is 7.10. The van der Waals surface area contributed by atoms with Gasteiger partial charge in [-0.15, -0.1) is 0 Å². The van der Waals surface area contributed by atoms with E-state index in [0.717, 1.165) is 73.2 Å². The molecule has 7 aromatic rings. The second-order valence-electron chi connectivity index (χ2n) is 14.5. The summed E-state index contributed by atoms with van der Waals surface area (Å²) in [5.74, 6) is 0.642. The summed E-state index contributed by atoms with van der Waals surface area (Å²) in [5, 5.41) is 4.54. The SMILES string of the molecule is C=C(N=C(N=C(C)c1ccccc1)C(/C=C\C)=C/C)C1=CCC(C)(c2ccc(-c3ccc4ccc5ccc(-c6ccccc6)nc5c4n3)c3ccccc23)C=C1. The zero-order chi connectivity index (χ0) is 38.6. The van der Waals surface area contributed by atoms with E-state index in [1.165, 1.54) is 16.3 Å². The number of pyridine rings is 2. The Balaban J connectivity index is 1.13. The number of aliphatic imine (C=N–C) groups is 2. The summed E-state index contributed by atoms with van der Waals surface area (Å²) in [6.45, 7) is 12.8. The Labute approximate surface area is 329 Å². The molecule has 8 rings (SSSR count). The van der Waals surface area contributed by atoms with Crippen molar-refractivity contribution in [3.05, 3.63) is 204 Å². The molecule has 2 heterocycles. The van der Waals surface area contributed by atoms with E-state index in [-0.39, 0.29) is 5.41 Å². The van der Waals surface area contributed by atoms with Gasteiger partial charge in [-0.3, -0.25) is 0 Å². The molecule has 1 aliphatic rings. The van der Waals surface area contributed by atoms with Crippen molar-refractivity contribution in [3.63, 3.8) is 0 Å². The minimum atomic E-state index is -0.235. The molecule has 0 amide bonds. The van der Waals surface area contributed by atoms with Gasteiger partial charge in [-0.25, -0.2) is 20.0 Å². The Morgan fingerprint density at radius 3 is 1.98 bits per heavy atom. The van der Waals surface area contributed by atoms with Crippen LogP contribution in [0.25, 0.3) is 55.1 Å². The van der Waals surface area contributed by atoms with Crippen molar-refractivity contribution in [1.29, 1.82) is 0 Å². The van der Waals surface area contributed by atoms with E-state index in [9.17, 15) is 0 Å². The van der Waals surface area contributed by atoms with Crippen molar-refractivity contribution in [2.24, 2.45) is 9.98 Å². The van der Waals surface area contributed by atoms with Crippen LogP contribution in [-0.2, 0) is 5.41 Å². The average molecular weight is 725 g/mol. The molecule has 1 unspecified atom stereocenters. The van der Waals surface area contributed by atoms with Crippen molar-refractivity contribution in [3.8, 4) is 22.5 Å². The Kier molecular flexibility index (Phi) is 10.0. The van der Waals surface area contributed by atoms with E-state index in [4.69, 9.17) is 20.0 Å². The van der Waals surface area contributed by atoms with Crippen LogP contribution in [0.15, 0.2) is 203 Å². The summed E-state index contributed by atoms with van der Waals surface area (Å²) in [4.78, 5) is 20.4. The van der Waals surface area contributed by atoms with Crippen LogP contribution in [0.2, 0.25) is 0 Å². The zero-order valence-corrected chi connectivity index (χ0v) is 32.4. The van der Waals surface area contributed by atoms with Gasteiger partial charge in [0.05, 0.1) is 28.1 Å². The van der Waals surface area contributed by atoms with Gasteiger partial charge in [0.1, 0.15) is 0 Å². The molecular weight excluding hydrogens is 681 g/mol. The van der Waals surface area contributed by atoms with Gasteiger partial charge in [0.15, 0.2) is 5.84 Å². The number of benzene rings is 5. The second-order valence-corrected chi connectivity index (χ2v) is 14.5. The normalized spacial score (nSPS) is 16.6. The van der Waals surface area contributed by atoms with Crippen LogP contribution >= 0.6 is 0 Å². The lowest BCUT2D eigenvalue weighted by Gasteiger charge is -2.30. The van der Waals surface area contributed by atoms with Gasteiger partial charge in [0.2, 0.25) is 0 Å². The third-order valence-electron chi connectivity index (χ3n) is 10.7. The Morgan fingerprint density at radius 2 is 1.32 bits per heavy atom. The van der Waals surface area contributed by atoms with Crippen molar-refractivity contribution in [2.45, 2.75) is 39.5 Å². The third-order valence-corrected chi connectivity index (χ3v) is 10.7. The van der Waals surface area contributed by atoms with Gasteiger partial charge in [0, 0.05) is 38.6 Å². The summed E-state index contributed by atoms with van der Waals surface area (Å²) in [6.07, 6.45) is 13.6. The molecule has 0 radical (unpaired) electrons. The van der Waals surface area contributed by atoms with Crippen LogP contribution < -0.4 is 0 Å². The fraction of sp³-hybridized carbons (Fsp3) is 0.115. The smallest absolute Gasteiger partial charge is 0.159 e. The van der Waals surface area contributed by atoms with Crippen LogP contribution in [0, 0.1) is 0 Å². The van der Waals surface area contributed by atoms with E-state index < -0.39 is 0 Å². The highest BCUT2D eigenvalue weighted by molar-refractivity contribution is 6.13. The molecule has 4 nitrogen and oxygen atoms in total. The van der Waals surface area contributed by atoms with E-state index in [2.05, 4.69) is 129 Å². The molecule has 272 valence electrons. The number of rotatable bonds is 8. The second kappa shape index (κ2) is 15.5. The standard InChI is InChI=1S/C52H44N4/c1-6-16-37(7-2)51(53-35(3)38-17-10-8-11-18-38)54-36(4)39-31-33-52(5,34-32-39)46-28-27-45(43-21-14-15-22-44(43)46)48-30-26-42-24-23-41-25-29-47(40-19-12-9-13-20-40)55-49(41)50(42)56-48/h6-33H,4,34H2,1-3,5H3/b16-6-,37-7+,53-35?,54-51?. The minimum absolute atomic E-state index is 0.235. The maximum atomic E-state index is 5.31. The Hall–Kier alpha value is -6.78. The van der Waals surface area contributed by atoms with Crippen molar-refractivity contribution in [2.75, 3.05) is 0 Å². The molecule has 0 saturated carbocycles. The monoisotopic (exact) mass is 724 g/mol. The predicted octanol–water partition coefficient (Wildman–Crippen LogP) is 13.4. The number of amidine groups is 1. The number of allylic oxidation sites excluding steroid dienone is 5. The van der Waals surface area contributed by atoms with Crippen LogP contribution in [0.4, 0.5) is 0 Å². The highest BCUT2D eigenvalue weighted by atomic mass is 14.9. The van der Waals surface area contributed by atoms with E-state index >= 15 is 0 Å². The molecule has 5 aromatic carbocycles. The van der Waals surface area contributed by atoms with Gasteiger partial charge in [-0.05, 0) is 66.8 Å². The molecule has 0 fully saturated rings. The van der Waals surface area contributed by atoms with Gasteiger partial charge in [0.25, 0.3) is 0 Å². The highest BCUT2D eigenvalue weighted by Crippen LogP contribution is 2.41. The lowest BCUT2D eigenvalue weighted by Crippen LogP contribution is -2.21. The molecule has 1 atom stereocenters. The van der Waals surface area contributed by atoms with Crippen molar-refractivity contribution < 1.29 is 0 Å². The number of hydrogen-bond acceptors (Lipinski definition) is 3. The van der Waals surface area contributed by atoms with E-state index in [0.29, 0.717) is 11.5 Å². The summed E-state index contributed by atoms with van der Waals surface area (Å²) in [7, 11) is 0. The first-order chi connectivity index (χ1) is 27.3. The van der Waals surface area contributed by atoms with Crippen LogP contribution in [0.1, 0.15) is 45.2 Å². The summed E-state index contributed by atoms with van der Waals surface area (Å²) in [6, 6.07) is 46.5. The number of fused-ring (bicyclic) bond motifs is 4. The molecule has 0 N–H and O–H groups in total. The molecule has 1 aliphatic carbocycles. The Morgan fingerprint density at radius 1 is 0.696 bits per heavy atom. The van der Waals surface area contributed by atoms with Crippen molar-refractivity contribution in [1.82, 2.24) is 9.97 Å². The summed E-state index contributed by atoms with van der Waals surface area (Å²) in [5.41, 5.74) is 11.5. The lowest BCUT2D eigenvalue weighted by molar-refractivity contribution is 0.602. The zero-order valence-electron chi connectivity index (χ0n) is 32.4. The summed E-state index contributed by atoms with van der Waals surface area (Å²) < 4.78 is 0. The average Bonchev–Trinajstić information content (AvgIpc) is 3.25. The predicted molar refractivity (Wildman–Crippen MR) is 238 cm³/mol. The van der Waals surface area contributed by atoms with E-state index in [1.54, 1.807) is 0 Å². The molecule has 0 bridgehead atoms. The lowest BCUT2D eigenvalue weighted by atomic mass is 9.73.